The lowest BCUT2D eigenvalue weighted by Gasteiger charge is -2.44. The Bertz CT molecular complexity index is 393. The Morgan fingerprint density at radius 1 is 1.33 bits per heavy atom. The van der Waals surface area contributed by atoms with Gasteiger partial charge >= 0.3 is 0 Å². The van der Waals surface area contributed by atoms with Crippen LogP contribution in [0.25, 0.3) is 0 Å². The molecule has 100 valence electrons. The highest BCUT2D eigenvalue weighted by Gasteiger charge is 2.33. The summed E-state index contributed by atoms with van der Waals surface area (Å²) in [6.07, 6.45) is 2.15. The minimum atomic E-state index is -0.0991. The van der Waals surface area contributed by atoms with Crippen molar-refractivity contribution in [3.05, 3.63) is 29.6 Å². The lowest BCUT2D eigenvalue weighted by Crippen LogP contribution is -2.60. The van der Waals surface area contributed by atoms with Crippen molar-refractivity contribution in [3.8, 4) is 0 Å². The second-order valence-electron chi connectivity index (χ2n) is 5.24. The molecule has 2 rings (SSSR count). The first kappa shape index (κ1) is 13.3. The SMILES string of the molecule is CCC1(CC)CN(c2c(C)cccc2F)CCN1. The van der Waals surface area contributed by atoms with E-state index in [0.29, 0.717) is 0 Å². The van der Waals surface area contributed by atoms with Gasteiger partial charge in [-0.05, 0) is 31.4 Å². The molecule has 0 radical (unpaired) electrons. The van der Waals surface area contributed by atoms with Crippen LogP contribution in [0.5, 0.6) is 0 Å². The molecule has 1 N–H and O–H groups in total. The highest BCUT2D eigenvalue weighted by molar-refractivity contribution is 5.55. The number of piperazine rings is 1. The van der Waals surface area contributed by atoms with Crippen LogP contribution in [0.1, 0.15) is 32.3 Å². The van der Waals surface area contributed by atoms with Gasteiger partial charge in [-0.2, -0.15) is 0 Å². The quantitative estimate of drug-likeness (QED) is 0.886. The Balaban J connectivity index is 2.28. The van der Waals surface area contributed by atoms with Gasteiger partial charge in [0, 0.05) is 25.2 Å². The fourth-order valence-electron chi connectivity index (χ4n) is 2.89. The van der Waals surface area contributed by atoms with Crippen LogP contribution in [0.3, 0.4) is 0 Å². The van der Waals surface area contributed by atoms with Gasteiger partial charge in [0.25, 0.3) is 0 Å². The standard InChI is InChI=1S/C15H23FN2/c1-4-15(5-2)11-18(10-9-17-15)14-12(3)7-6-8-13(14)16/h6-8,17H,4-5,9-11H2,1-3H3. The number of anilines is 1. The Labute approximate surface area is 109 Å². The molecule has 1 heterocycles. The summed E-state index contributed by atoms with van der Waals surface area (Å²) in [5.74, 6) is -0.0991. The predicted molar refractivity (Wildman–Crippen MR) is 74.7 cm³/mol. The largest absolute Gasteiger partial charge is 0.366 e. The summed E-state index contributed by atoms with van der Waals surface area (Å²) in [5, 5.41) is 3.61. The third-order valence-corrected chi connectivity index (χ3v) is 4.23. The zero-order valence-electron chi connectivity index (χ0n) is 11.6. The molecule has 0 saturated carbocycles. The molecule has 1 aromatic carbocycles. The molecule has 0 bridgehead atoms. The van der Waals surface area contributed by atoms with Gasteiger partial charge in [-0.1, -0.05) is 26.0 Å². The smallest absolute Gasteiger partial charge is 0.146 e. The molecule has 0 spiro atoms. The monoisotopic (exact) mass is 250 g/mol. The van der Waals surface area contributed by atoms with Crippen LogP contribution in [0, 0.1) is 12.7 Å². The maximum absolute atomic E-state index is 14.0. The molecule has 1 aliphatic heterocycles. The number of nitrogens with zero attached hydrogens (tertiary/aromatic N) is 1. The van der Waals surface area contributed by atoms with Crippen molar-refractivity contribution >= 4 is 5.69 Å². The van der Waals surface area contributed by atoms with Crippen LogP contribution in [-0.2, 0) is 0 Å². The third kappa shape index (κ3) is 2.37. The average molecular weight is 250 g/mol. The van der Waals surface area contributed by atoms with E-state index in [1.54, 1.807) is 12.1 Å². The topological polar surface area (TPSA) is 15.3 Å². The summed E-state index contributed by atoms with van der Waals surface area (Å²) in [7, 11) is 0. The normalized spacial score (nSPS) is 19.0. The maximum atomic E-state index is 14.0. The zero-order chi connectivity index (χ0) is 13.2. The van der Waals surface area contributed by atoms with Crippen molar-refractivity contribution in [3.63, 3.8) is 0 Å². The molecule has 0 amide bonds. The summed E-state index contributed by atoms with van der Waals surface area (Å²) >= 11 is 0. The van der Waals surface area contributed by atoms with Crippen molar-refractivity contribution in [1.29, 1.82) is 0 Å². The van der Waals surface area contributed by atoms with Gasteiger partial charge in [-0.3, -0.25) is 0 Å². The van der Waals surface area contributed by atoms with E-state index in [4.69, 9.17) is 0 Å². The number of para-hydroxylation sites is 1. The highest BCUT2D eigenvalue weighted by atomic mass is 19.1. The number of hydrogen-bond acceptors (Lipinski definition) is 2. The number of aryl methyl sites for hydroxylation is 1. The number of benzene rings is 1. The molecule has 1 aromatic rings. The van der Waals surface area contributed by atoms with Crippen LogP contribution in [0.15, 0.2) is 18.2 Å². The van der Waals surface area contributed by atoms with Gasteiger partial charge in [-0.25, -0.2) is 4.39 Å². The van der Waals surface area contributed by atoms with E-state index < -0.39 is 0 Å². The Morgan fingerprint density at radius 2 is 2.06 bits per heavy atom. The fraction of sp³-hybridized carbons (Fsp3) is 0.600. The Hall–Kier alpha value is -1.09. The molecule has 2 nitrogen and oxygen atoms in total. The summed E-state index contributed by atoms with van der Waals surface area (Å²) in [6, 6.07) is 5.33. The van der Waals surface area contributed by atoms with Crippen LogP contribution >= 0.6 is 0 Å². The average Bonchev–Trinajstić information content (AvgIpc) is 2.39. The van der Waals surface area contributed by atoms with Gasteiger partial charge < -0.3 is 10.2 Å². The van der Waals surface area contributed by atoms with Gasteiger partial charge in [0.15, 0.2) is 0 Å². The number of halogens is 1. The van der Waals surface area contributed by atoms with Crippen LogP contribution in [0.4, 0.5) is 10.1 Å². The van der Waals surface area contributed by atoms with E-state index in [1.165, 1.54) is 0 Å². The molecule has 1 aliphatic rings. The molecule has 0 atom stereocenters. The highest BCUT2D eigenvalue weighted by Crippen LogP contribution is 2.29. The summed E-state index contributed by atoms with van der Waals surface area (Å²) < 4.78 is 14.0. The minimum absolute atomic E-state index is 0.0991. The van der Waals surface area contributed by atoms with Gasteiger partial charge in [0.05, 0.1) is 5.69 Å². The van der Waals surface area contributed by atoms with Crippen molar-refractivity contribution in [2.24, 2.45) is 0 Å². The van der Waals surface area contributed by atoms with E-state index in [1.807, 2.05) is 13.0 Å². The molecule has 0 aromatic heterocycles. The molecular weight excluding hydrogens is 227 g/mol. The van der Waals surface area contributed by atoms with E-state index in [2.05, 4.69) is 24.1 Å². The van der Waals surface area contributed by atoms with Gasteiger partial charge in [-0.15, -0.1) is 0 Å². The van der Waals surface area contributed by atoms with E-state index in [0.717, 1.165) is 43.7 Å². The minimum Gasteiger partial charge on any atom is -0.366 e. The van der Waals surface area contributed by atoms with Crippen molar-refractivity contribution in [1.82, 2.24) is 5.32 Å². The predicted octanol–water partition coefficient (Wildman–Crippen LogP) is 3.10. The molecule has 1 saturated heterocycles. The number of hydrogen-bond donors (Lipinski definition) is 1. The van der Waals surface area contributed by atoms with Crippen molar-refractivity contribution in [2.45, 2.75) is 39.2 Å². The Kier molecular flexibility index (Phi) is 3.91. The second-order valence-corrected chi connectivity index (χ2v) is 5.24. The van der Waals surface area contributed by atoms with Gasteiger partial charge in [0.2, 0.25) is 0 Å². The van der Waals surface area contributed by atoms with Crippen LogP contribution in [-0.4, -0.2) is 25.2 Å². The van der Waals surface area contributed by atoms with E-state index in [9.17, 15) is 4.39 Å². The molecule has 0 unspecified atom stereocenters. The van der Waals surface area contributed by atoms with Crippen LogP contribution < -0.4 is 10.2 Å². The lowest BCUT2D eigenvalue weighted by atomic mass is 9.89. The molecule has 18 heavy (non-hydrogen) atoms. The fourth-order valence-corrected chi connectivity index (χ4v) is 2.89. The summed E-state index contributed by atoms with van der Waals surface area (Å²) in [5.41, 5.74) is 1.94. The Morgan fingerprint density at radius 3 is 2.67 bits per heavy atom. The summed E-state index contributed by atoms with van der Waals surface area (Å²) in [4.78, 5) is 2.20. The number of nitrogens with one attached hydrogen (secondary N) is 1. The first-order valence-corrected chi connectivity index (χ1v) is 6.87. The van der Waals surface area contributed by atoms with Crippen molar-refractivity contribution in [2.75, 3.05) is 24.5 Å². The molecular formula is C15H23FN2. The van der Waals surface area contributed by atoms with E-state index >= 15 is 0 Å². The van der Waals surface area contributed by atoms with Gasteiger partial charge in [0.1, 0.15) is 5.82 Å². The van der Waals surface area contributed by atoms with E-state index in [-0.39, 0.29) is 11.4 Å². The first-order valence-electron chi connectivity index (χ1n) is 6.87. The molecule has 1 fully saturated rings. The third-order valence-electron chi connectivity index (χ3n) is 4.23. The number of rotatable bonds is 3. The molecule has 0 aliphatic carbocycles. The summed E-state index contributed by atoms with van der Waals surface area (Å²) in [6.45, 7) is 9.09. The maximum Gasteiger partial charge on any atom is 0.146 e. The molecule has 3 heteroatoms. The second kappa shape index (κ2) is 5.27. The van der Waals surface area contributed by atoms with Crippen molar-refractivity contribution < 1.29 is 4.39 Å². The zero-order valence-corrected chi connectivity index (χ0v) is 11.6. The first-order chi connectivity index (χ1) is 8.62. The van der Waals surface area contributed by atoms with Crippen LogP contribution in [0.2, 0.25) is 0 Å². The lowest BCUT2D eigenvalue weighted by molar-refractivity contribution is 0.276.